The number of halogens is 3. The van der Waals surface area contributed by atoms with Crippen molar-refractivity contribution < 1.29 is 9.13 Å². The first-order valence-corrected chi connectivity index (χ1v) is 12.2. The summed E-state index contributed by atoms with van der Waals surface area (Å²) in [6.07, 6.45) is 7.92. The highest BCUT2D eigenvalue weighted by Gasteiger charge is 2.26. The summed E-state index contributed by atoms with van der Waals surface area (Å²) in [5.74, 6) is 1.38. The predicted molar refractivity (Wildman–Crippen MR) is 129 cm³/mol. The average molecular weight is 493 g/mol. The average Bonchev–Trinajstić information content (AvgIpc) is 3.15. The first-order valence-electron chi connectivity index (χ1n) is 11.5. The third kappa shape index (κ3) is 4.88. The van der Waals surface area contributed by atoms with Gasteiger partial charge in [-0.25, -0.2) is 14.4 Å². The van der Waals surface area contributed by atoms with E-state index in [0.717, 1.165) is 57.4 Å². The fraction of sp³-hybridized carbons (Fsp3) is 0.522. The molecule has 176 valence electrons. The molecule has 5 rings (SSSR count). The van der Waals surface area contributed by atoms with Gasteiger partial charge < -0.3 is 15.4 Å². The molecule has 0 unspecified atom stereocenters. The van der Waals surface area contributed by atoms with E-state index >= 15 is 0 Å². The van der Waals surface area contributed by atoms with Crippen LogP contribution in [-0.4, -0.2) is 38.8 Å². The molecule has 2 N–H and O–H groups in total. The summed E-state index contributed by atoms with van der Waals surface area (Å²) in [7, 11) is 0. The van der Waals surface area contributed by atoms with Gasteiger partial charge >= 0.3 is 0 Å². The smallest absolute Gasteiger partial charge is 0.224 e. The van der Waals surface area contributed by atoms with E-state index in [1.807, 2.05) is 0 Å². The van der Waals surface area contributed by atoms with Crippen LogP contribution in [0.15, 0.2) is 18.3 Å². The molecule has 0 radical (unpaired) electrons. The normalized spacial score (nSPS) is 21.9. The molecule has 1 aromatic carbocycles. The lowest BCUT2D eigenvalue weighted by Gasteiger charge is -2.29. The number of imidazole rings is 1. The Morgan fingerprint density at radius 2 is 1.73 bits per heavy atom. The number of nitrogens with zero attached hydrogens (tertiary/aromatic N) is 4. The first kappa shape index (κ1) is 22.6. The topological polar surface area (TPSA) is 76.9 Å². The number of benzene rings is 1. The SMILES string of the molecule is C[C@H]1CC[C@H](n2c(Nc3c(Cl)cc(F)cc3Cl)nc3cnc(NC4CCOCC4)nc32)CC1. The number of ether oxygens (including phenoxy) is 1. The van der Waals surface area contributed by atoms with Gasteiger partial charge in [-0.3, -0.25) is 4.57 Å². The number of hydrogen-bond donors (Lipinski definition) is 2. The van der Waals surface area contributed by atoms with E-state index in [-0.39, 0.29) is 22.1 Å². The van der Waals surface area contributed by atoms with Gasteiger partial charge in [-0.1, -0.05) is 30.1 Å². The van der Waals surface area contributed by atoms with E-state index in [2.05, 4.69) is 27.1 Å². The molecule has 1 aliphatic carbocycles. The maximum absolute atomic E-state index is 13.7. The molecule has 2 fully saturated rings. The third-order valence-corrected chi connectivity index (χ3v) is 7.18. The van der Waals surface area contributed by atoms with Gasteiger partial charge in [-0.15, -0.1) is 0 Å². The molecule has 1 saturated heterocycles. The highest BCUT2D eigenvalue weighted by atomic mass is 35.5. The Bertz CT molecular complexity index is 1120. The van der Waals surface area contributed by atoms with Crippen molar-refractivity contribution in [2.75, 3.05) is 23.8 Å². The molecular formula is C23H27Cl2FN6O. The standard InChI is InChI=1S/C23H27Cl2FN6O/c1-13-2-4-16(5-3-13)32-21-19(12-27-22(31-21)28-15-6-8-33-9-7-15)29-23(32)30-20-17(24)10-14(26)11-18(20)25/h10-13,15-16H,2-9H2,1H3,(H,29,30)(H,27,28,31)/t13-,16-. The van der Waals surface area contributed by atoms with Crippen molar-refractivity contribution in [1.82, 2.24) is 19.5 Å². The van der Waals surface area contributed by atoms with E-state index in [1.54, 1.807) is 6.20 Å². The third-order valence-electron chi connectivity index (χ3n) is 6.58. The lowest BCUT2D eigenvalue weighted by atomic mass is 9.87. The van der Waals surface area contributed by atoms with Gasteiger partial charge in [0.1, 0.15) is 11.3 Å². The second-order valence-electron chi connectivity index (χ2n) is 9.02. The molecule has 33 heavy (non-hydrogen) atoms. The molecule has 3 aromatic rings. The molecule has 0 spiro atoms. The number of nitrogens with one attached hydrogen (secondary N) is 2. The Balaban J connectivity index is 1.54. The minimum atomic E-state index is -0.486. The second-order valence-corrected chi connectivity index (χ2v) is 9.84. The van der Waals surface area contributed by atoms with Gasteiger partial charge in [-0.05, 0) is 56.6 Å². The fourth-order valence-electron chi connectivity index (χ4n) is 4.69. The van der Waals surface area contributed by atoms with Crippen LogP contribution in [0.25, 0.3) is 11.2 Å². The Labute approximate surface area is 202 Å². The Hall–Kier alpha value is -2.16. The lowest BCUT2D eigenvalue weighted by molar-refractivity contribution is 0.0903. The summed E-state index contributed by atoms with van der Waals surface area (Å²) < 4.78 is 21.3. The number of fused-ring (bicyclic) bond motifs is 1. The first-order chi connectivity index (χ1) is 16.0. The van der Waals surface area contributed by atoms with E-state index in [9.17, 15) is 4.39 Å². The molecule has 0 amide bonds. The zero-order valence-corrected chi connectivity index (χ0v) is 20.0. The zero-order chi connectivity index (χ0) is 22.9. The van der Waals surface area contributed by atoms with Gasteiger partial charge in [0, 0.05) is 25.3 Å². The summed E-state index contributed by atoms with van der Waals surface area (Å²) >= 11 is 12.6. The summed E-state index contributed by atoms with van der Waals surface area (Å²) in [5.41, 5.74) is 1.87. The number of rotatable bonds is 5. The number of aromatic nitrogens is 4. The Morgan fingerprint density at radius 3 is 2.42 bits per heavy atom. The van der Waals surface area contributed by atoms with Crippen LogP contribution in [0.4, 0.5) is 22.0 Å². The molecule has 3 heterocycles. The van der Waals surface area contributed by atoms with Gasteiger partial charge in [0.15, 0.2) is 5.65 Å². The molecular weight excluding hydrogens is 466 g/mol. The summed E-state index contributed by atoms with van der Waals surface area (Å²) in [4.78, 5) is 14.1. The Morgan fingerprint density at radius 1 is 1.03 bits per heavy atom. The molecule has 1 saturated carbocycles. The molecule has 0 atom stereocenters. The molecule has 7 nitrogen and oxygen atoms in total. The lowest BCUT2D eigenvalue weighted by Crippen LogP contribution is -2.28. The van der Waals surface area contributed by atoms with Crippen molar-refractivity contribution in [2.45, 2.75) is 57.5 Å². The summed E-state index contributed by atoms with van der Waals surface area (Å²) in [6, 6.07) is 3.00. The van der Waals surface area contributed by atoms with Crippen LogP contribution in [0.3, 0.4) is 0 Å². The molecule has 1 aliphatic heterocycles. The van der Waals surface area contributed by atoms with E-state index < -0.39 is 5.82 Å². The molecule has 2 aliphatic rings. The Kier molecular flexibility index (Phi) is 6.58. The van der Waals surface area contributed by atoms with Crippen molar-refractivity contribution in [2.24, 2.45) is 5.92 Å². The summed E-state index contributed by atoms with van der Waals surface area (Å²) in [6.45, 7) is 3.77. The monoisotopic (exact) mass is 492 g/mol. The minimum Gasteiger partial charge on any atom is -0.381 e. The van der Waals surface area contributed by atoms with Crippen molar-refractivity contribution in [3.63, 3.8) is 0 Å². The van der Waals surface area contributed by atoms with Crippen LogP contribution in [0.2, 0.25) is 10.0 Å². The zero-order valence-electron chi connectivity index (χ0n) is 18.5. The van der Waals surface area contributed by atoms with Gasteiger partial charge in [0.25, 0.3) is 0 Å². The number of hydrogen-bond acceptors (Lipinski definition) is 6. The quantitative estimate of drug-likeness (QED) is 0.431. The second kappa shape index (κ2) is 9.60. The van der Waals surface area contributed by atoms with Crippen molar-refractivity contribution in [1.29, 1.82) is 0 Å². The minimum absolute atomic E-state index is 0.198. The highest BCUT2D eigenvalue weighted by Crippen LogP contribution is 2.39. The predicted octanol–water partition coefficient (Wildman–Crippen LogP) is 6.36. The molecule has 10 heteroatoms. The van der Waals surface area contributed by atoms with Crippen molar-refractivity contribution >= 4 is 51.9 Å². The highest BCUT2D eigenvalue weighted by molar-refractivity contribution is 6.39. The largest absolute Gasteiger partial charge is 0.381 e. The van der Waals surface area contributed by atoms with E-state index in [0.29, 0.717) is 29.0 Å². The van der Waals surface area contributed by atoms with E-state index in [4.69, 9.17) is 37.9 Å². The van der Waals surface area contributed by atoms with Crippen molar-refractivity contribution in [3.05, 3.63) is 34.2 Å². The molecule has 2 aromatic heterocycles. The van der Waals surface area contributed by atoms with Crippen LogP contribution in [0, 0.1) is 11.7 Å². The molecule has 0 bridgehead atoms. The van der Waals surface area contributed by atoms with Gasteiger partial charge in [0.2, 0.25) is 11.9 Å². The summed E-state index contributed by atoms with van der Waals surface area (Å²) in [5, 5.41) is 7.09. The van der Waals surface area contributed by atoms with E-state index in [1.165, 1.54) is 12.1 Å². The van der Waals surface area contributed by atoms with Gasteiger partial charge in [-0.2, -0.15) is 4.98 Å². The van der Waals surface area contributed by atoms with Crippen LogP contribution in [0.5, 0.6) is 0 Å². The maximum Gasteiger partial charge on any atom is 0.224 e. The van der Waals surface area contributed by atoms with Gasteiger partial charge in [0.05, 0.1) is 21.9 Å². The number of anilines is 3. The van der Waals surface area contributed by atoms with Crippen LogP contribution < -0.4 is 10.6 Å². The van der Waals surface area contributed by atoms with Crippen LogP contribution in [0.1, 0.15) is 51.5 Å². The fourth-order valence-corrected chi connectivity index (χ4v) is 5.25. The van der Waals surface area contributed by atoms with Crippen LogP contribution >= 0.6 is 23.2 Å². The van der Waals surface area contributed by atoms with Crippen LogP contribution in [-0.2, 0) is 4.74 Å². The maximum atomic E-state index is 13.7. The van der Waals surface area contributed by atoms with Crippen molar-refractivity contribution in [3.8, 4) is 0 Å².